The molecule has 0 atom stereocenters. The van der Waals surface area contributed by atoms with E-state index in [9.17, 15) is 9.59 Å². The van der Waals surface area contributed by atoms with Gasteiger partial charge in [-0.1, -0.05) is 17.7 Å². The molecular weight excluding hydrogens is 364 g/mol. The first-order chi connectivity index (χ1) is 12.9. The zero-order valence-electron chi connectivity index (χ0n) is 15.5. The number of benzene rings is 1. The summed E-state index contributed by atoms with van der Waals surface area (Å²) in [6.07, 6.45) is 1.76. The van der Waals surface area contributed by atoms with Crippen molar-refractivity contribution in [2.75, 3.05) is 36.4 Å². The molecule has 2 heterocycles. The van der Waals surface area contributed by atoms with Crippen LogP contribution < -0.4 is 10.2 Å². The van der Waals surface area contributed by atoms with Crippen LogP contribution in [0.4, 0.5) is 11.5 Å². The maximum absolute atomic E-state index is 13.0. The zero-order valence-corrected chi connectivity index (χ0v) is 16.2. The highest BCUT2D eigenvalue weighted by molar-refractivity contribution is 6.30. The van der Waals surface area contributed by atoms with Crippen molar-refractivity contribution in [2.24, 2.45) is 5.41 Å². The van der Waals surface area contributed by atoms with Crippen molar-refractivity contribution in [1.29, 1.82) is 0 Å². The minimum atomic E-state index is -1.16. The molecule has 1 aromatic carbocycles. The van der Waals surface area contributed by atoms with E-state index in [1.54, 1.807) is 49.2 Å². The summed E-state index contributed by atoms with van der Waals surface area (Å²) in [5.74, 6) is 0.404. The van der Waals surface area contributed by atoms with Gasteiger partial charge in [-0.2, -0.15) is 0 Å². The van der Waals surface area contributed by atoms with Gasteiger partial charge in [-0.15, -0.1) is 0 Å². The minimum absolute atomic E-state index is 0.172. The summed E-state index contributed by atoms with van der Waals surface area (Å²) in [7, 11) is 0. The Kier molecular flexibility index (Phi) is 5.65. The molecule has 0 bridgehead atoms. The largest absolute Gasteiger partial charge is 0.353 e. The standard InChI is InChI=1S/C20H23ClN4O2/c1-20(2,18(26)23-16-8-6-15(21)7-9-16)19(27)25-13-11-24(12-14-25)17-5-3-4-10-22-17/h3-10H,11-14H2,1-2H3,(H,23,26). The van der Waals surface area contributed by atoms with E-state index >= 15 is 0 Å². The molecule has 6 nitrogen and oxygen atoms in total. The van der Waals surface area contributed by atoms with E-state index in [-0.39, 0.29) is 11.8 Å². The lowest BCUT2D eigenvalue weighted by Gasteiger charge is -2.38. The Labute approximate surface area is 164 Å². The van der Waals surface area contributed by atoms with Gasteiger partial charge in [-0.05, 0) is 50.2 Å². The molecule has 142 valence electrons. The highest BCUT2D eigenvalue weighted by Crippen LogP contribution is 2.24. The molecule has 2 aromatic rings. The fourth-order valence-corrected chi connectivity index (χ4v) is 3.12. The number of carbonyl (C=O) groups excluding carboxylic acids is 2. The van der Waals surface area contributed by atoms with Crippen molar-refractivity contribution in [3.05, 3.63) is 53.7 Å². The van der Waals surface area contributed by atoms with E-state index in [0.29, 0.717) is 36.9 Å². The Bertz CT molecular complexity index is 800. The van der Waals surface area contributed by atoms with Gasteiger partial charge < -0.3 is 15.1 Å². The third-order valence-corrected chi connectivity index (χ3v) is 5.00. The highest BCUT2D eigenvalue weighted by Gasteiger charge is 2.40. The molecule has 1 aliphatic rings. The molecule has 0 unspecified atom stereocenters. The normalized spacial score (nSPS) is 14.8. The maximum Gasteiger partial charge on any atom is 0.239 e. The van der Waals surface area contributed by atoms with Crippen LogP contribution in [0.25, 0.3) is 0 Å². The lowest BCUT2D eigenvalue weighted by molar-refractivity contribution is -0.146. The van der Waals surface area contributed by atoms with E-state index < -0.39 is 5.41 Å². The SMILES string of the molecule is CC(C)(C(=O)Nc1ccc(Cl)cc1)C(=O)N1CCN(c2ccccn2)CC1. The summed E-state index contributed by atoms with van der Waals surface area (Å²) in [4.78, 5) is 33.9. The summed E-state index contributed by atoms with van der Waals surface area (Å²) >= 11 is 5.86. The van der Waals surface area contributed by atoms with Crippen molar-refractivity contribution >= 4 is 34.9 Å². The number of amides is 2. The van der Waals surface area contributed by atoms with E-state index in [4.69, 9.17) is 11.6 Å². The number of nitrogens with zero attached hydrogens (tertiary/aromatic N) is 3. The summed E-state index contributed by atoms with van der Waals surface area (Å²) < 4.78 is 0. The van der Waals surface area contributed by atoms with Crippen LogP contribution in [-0.2, 0) is 9.59 Å². The van der Waals surface area contributed by atoms with Gasteiger partial charge in [0.2, 0.25) is 11.8 Å². The number of anilines is 2. The average Bonchev–Trinajstić information content (AvgIpc) is 2.70. The van der Waals surface area contributed by atoms with Crippen LogP contribution in [-0.4, -0.2) is 47.9 Å². The molecular formula is C20H23ClN4O2. The molecule has 0 radical (unpaired) electrons. The fourth-order valence-electron chi connectivity index (χ4n) is 2.99. The van der Waals surface area contributed by atoms with E-state index in [2.05, 4.69) is 15.2 Å². The summed E-state index contributed by atoms with van der Waals surface area (Å²) in [6.45, 7) is 5.83. The summed E-state index contributed by atoms with van der Waals surface area (Å²) in [5, 5.41) is 3.39. The maximum atomic E-state index is 13.0. The van der Waals surface area contributed by atoms with Crippen LogP contribution in [0.15, 0.2) is 48.7 Å². The molecule has 1 saturated heterocycles. The van der Waals surface area contributed by atoms with Crippen molar-refractivity contribution in [2.45, 2.75) is 13.8 Å². The van der Waals surface area contributed by atoms with Gasteiger partial charge >= 0.3 is 0 Å². The van der Waals surface area contributed by atoms with Crippen LogP contribution in [0.2, 0.25) is 5.02 Å². The summed E-state index contributed by atoms with van der Waals surface area (Å²) in [6, 6.07) is 12.6. The Hall–Kier alpha value is -2.60. The van der Waals surface area contributed by atoms with Gasteiger partial charge in [0.15, 0.2) is 0 Å². The number of hydrogen-bond donors (Lipinski definition) is 1. The second-order valence-electron chi connectivity index (χ2n) is 7.05. The lowest BCUT2D eigenvalue weighted by Crippen LogP contribution is -2.54. The fraction of sp³-hybridized carbons (Fsp3) is 0.350. The molecule has 3 rings (SSSR count). The highest BCUT2D eigenvalue weighted by atomic mass is 35.5. The van der Waals surface area contributed by atoms with Gasteiger partial charge in [0.05, 0.1) is 0 Å². The van der Waals surface area contributed by atoms with Crippen LogP contribution in [0.3, 0.4) is 0 Å². The molecule has 27 heavy (non-hydrogen) atoms. The molecule has 1 fully saturated rings. The van der Waals surface area contributed by atoms with Gasteiger partial charge in [-0.3, -0.25) is 9.59 Å². The predicted octanol–water partition coefficient (Wildman–Crippen LogP) is 3.05. The number of rotatable bonds is 4. The molecule has 0 aliphatic carbocycles. The van der Waals surface area contributed by atoms with E-state index in [1.165, 1.54) is 0 Å². The monoisotopic (exact) mass is 386 g/mol. The van der Waals surface area contributed by atoms with E-state index in [1.807, 2.05) is 18.2 Å². The third-order valence-electron chi connectivity index (χ3n) is 4.74. The van der Waals surface area contributed by atoms with Crippen molar-refractivity contribution in [3.8, 4) is 0 Å². The zero-order chi connectivity index (χ0) is 19.4. The number of hydrogen-bond acceptors (Lipinski definition) is 4. The number of nitrogens with one attached hydrogen (secondary N) is 1. The van der Waals surface area contributed by atoms with Crippen molar-refractivity contribution < 1.29 is 9.59 Å². The smallest absolute Gasteiger partial charge is 0.239 e. The molecule has 0 spiro atoms. The third kappa shape index (κ3) is 4.39. The Morgan fingerprint density at radius 2 is 1.70 bits per heavy atom. The van der Waals surface area contributed by atoms with Gasteiger partial charge in [-0.25, -0.2) is 4.98 Å². The lowest BCUT2D eigenvalue weighted by atomic mass is 9.89. The van der Waals surface area contributed by atoms with Gasteiger partial charge in [0, 0.05) is 43.1 Å². The van der Waals surface area contributed by atoms with Gasteiger partial charge in [0.1, 0.15) is 11.2 Å². The number of pyridine rings is 1. The minimum Gasteiger partial charge on any atom is -0.353 e. The number of aromatic nitrogens is 1. The quantitative estimate of drug-likeness (QED) is 0.820. The first-order valence-corrected chi connectivity index (χ1v) is 9.28. The second kappa shape index (κ2) is 7.96. The van der Waals surface area contributed by atoms with Gasteiger partial charge in [0.25, 0.3) is 0 Å². The molecule has 1 aromatic heterocycles. The van der Waals surface area contributed by atoms with Crippen LogP contribution in [0, 0.1) is 5.41 Å². The first-order valence-electron chi connectivity index (χ1n) is 8.90. The first kappa shape index (κ1) is 19.2. The molecule has 2 amide bonds. The van der Waals surface area contributed by atoms with E-state index in [0.717, 1.165) is 5.82 Å². The number of piperazine rings is 1. The Morgan fingerprint density at radius 3 is 2.30 bits per heavy atom. The summed E-state index contributed by atoms with van der Waals surface area (Å²) in [5.41, 5.74) is -0.544. The van der Waals surface area contributed by atoms with Crippen LogP contribution in [0.1, 0.15) is 13.8 Å². The second-order valence-corrected chi connectivity index (χ2v) is 7.49. The molecule has 1 N–H and O–H groups in total. The molecule has 1 aliphatic heterocycles. The molecule has 7 heteroatoms. The molecule has 0 saturated carbocycles. The number of halogens is 1. The van der Waals surface area contributed by atoms with Crippen molar-refractivity contribution in [3.63, 3.8) is 0 Å². The Balaban J connectivity index is 1.60. The van der Waals surface area contributed by atoms with Crippen molar-refractivity contribution in [1.82, 2.24) is 9.88 Å². The Morgan fingerprint density at radius 1 is 1.04 bits per heavy atom. The number of carbonyl (C=O) groups is 2. The van der Waals surface area contributed by atoms with Crippen LogP contribution >= 0.6 is 11.6 Å². The van der Waals surface area contributed by atoms with Crippen LogP contribution in [0.5, 0.6) is 0 Å². The predicted molar refractivity (Wildman–Crippen MR) is 107 cm³/mol. The average molecular weight is 387 g/mol. The topological polar surface area (TPSA) is 65.5 Å².